The zero-order valence-electron chi connectivity index (χ0n) is 16.5. The van der Waals surface area contributed by atoms with Gasteiger partial charge in [-0.05, 0) is 25.5 Å². The third-order valence-corrected chi connectivity index (χ3v) is 5.55. The van der Waals surface area contributed by atoms with E-state index in [9.17, 15) is 5.26 Å². The summed E-state index contributed by atoms with van der Waals surface area (Å²) in [6.45, 7) is 2.67. The first-order valence-electron chi connectivity index (χ1n) is 9.30. The highest BCUT2D eigenvalue weighted by Crippen LogP contribution is 2.47. The Kier molecular flexibility index (Phi) is 5.58. The van der Waals surface area contributed by atoms with Gasteiger partial charge in [0.05, 0.1) is 26.5 Å². The topological polar surface area (TPSA) is 145 Å². The predicted octanol–water partition coefficient (Wildman–Crippen LogP) is 2.29. The van der Waals surface area contributed by atoms with Gasteiger partial charge in [-0.25, -0.2) is 0 Å². The van der Waals surface area contributed by atoms with Crippen molar-refractivity contribution in [3.05, 3.63) is 39.6 Å². The van der Waals surface area contributed by atoms with Crippen molar-refractivity contribution in [1.82, 2.24) is 25.1 Å². The maximum atomic E-state index is 9.61. The lowest BCUT2D eigenvalue weighted by Crippen LogP contribution is -2.11. The summed E-state index contributed by atoms with van der Waals surface area (Å²) < 4.78 is 11.0. The van der Waals surface area contributed by atoms with E-state index in [0.717, 1.165) is 27.9 Å². The summed E-state index contributed by atoms with van der Waals surface area (Å²) in [7, 11) is 1.61. The fraction of sp³-hybridized carbons (Fsp3) is 0.368. The molecule has 0 spiro atoms. The van der Waals surface area contributed by atoms with Crippen molar-refractivity contribution in [2.24, 2.45) is 5.92 Å². The highest BCUT2D eigenvalue weighted by molar-refractivity contribution is 7.11. The molecule has 0 amide bonds. The van der Waals surface area contributed by atoms with Crippen LogP contribution >= 0.6 is 11.3 Å². The zero-order valence-corrected chi connectivity index (χ0v) is 17.3. The van der Waals surface area contributed by atoms with Gasteiger partial charge in [0.25, 0.3) is 0 Å². The molecule has 0 bridgehead atoms. The molecule has 3 aromatic heterocycles. The summed E-state index contributed by atoms with van der Waals surface area (Å²) in [6, 6.07) is 5.97. The molecule has 2 atom stereocenters. The first-order valence-corrected chi connectivity index (χ1v) is 10.1. The Morgan fingerprint density at radius 1 is 1.33 bits per heavy atom. The monoisotopic (exact) mass is 424 g/mol. The minimum atomic E-state index is 0.0316. The number of nitrogens with zero attached hydrogens (tertiary/aromatic N) is 6. The summed E-state index contributed by atoms with van der Waals surface area (Å²) in [6.07, 6.45) is 2.67. The SMILES string of the molecule is COc1ccc([C@H]2C[C@@H]2COc2nc(N)nc(NCc3nnc(C)s3)c2C#N)nc1. The van der Waals surface area contributed by atoms with Gasteiger partial charge < -0.3 is 20.5 Å². The first-order chi connectivity index (χ1) is 14.6. The Balaban J connectivity index is 1.41. The number of nitrogen functional groups attached to an aromatic ring is 1. The number of hydrogen-bond acceptors (Lipinski definition) is 11. The molecule has 3 aromatic rings. The van der Waals surface area contributed by atoms with E-state index in [4.69, 9.17) is 15.2 Å². The van der Waals surface area contributed by atoms with Gasteiger partial charge in [-0.1, -0.05) is 11.3 Å². The molecule has 4 rings (SSSR count). The minimum absolute atomic E-state index is 0.0316. The molecule has 1 aliphatic rings. The Labute approximate surface area is 177 Å². The molecule has 30 heavy (non-hydrogen) atoms. The molecule has 11 heteroatoms. The molecule has 3 heterocycles. The number of nitrogens with one attached hydrogen (secondary N) is 1. The number of anilines is 2. The van der Waals surface area contributed by atoms with Crippen LogP contribution in [-0.4, -0.2) is 38.9 Å². The Morgan fingerprint density at radius 2 is 2.20 bits per heavy atom. The first kappa shape index (κ1) is 19.8. The van der Waals surface area contributed by atoms with Crippen LogP contribution in [0.1, 0.15) is 33.6 Å². The van der Waals surface area contributed by atoms with Crippen LogP contribution in [0, 0.1) is 24.2 Å². The van der Waals surface area contributed by atoms with E-state index in [1.54, 1.807) is 13.3 Å². The van der Waals surface area contributed by atoms with Crippen LogP contribution in [0.25, 0.3) is 0 Å². The van der Waals surface area contributed by atoms with Gasteiger partial charge in [0.1, 0.15) is 21.8 Å². The second-order valence-corrected chi connectivity index (χ2v) is 8.09. The van der Waals surface area contributed by atoms with Crippen LogP contribution in [-0.2, 0) is 6.54 Å². The molecule has 0 saturated heterocycles. The normalized spacial score (nSPS) is 17.2. The van der Waals surface area contributed by atoms with Gasteiger partial charge in [-0.2, -0.15) is 15.2 Å². The number of nitriles is 1. The van der Waals surface area contributed by atoms with E-state index >= 15 is 0 Å². The van der Waals surface area contributed by atoms with Crippen LogP contribution in [0.2, 0.25) is 0 Å². The van der Waals surface area contributed by atoms with Crippen LogP contribution in [0.5, 0.6) is 11.6 Å². The van der Waals surface area contributed by atoms with Crippen molar-refractivity contribution in [1.29, 1.82) is 5.26 Å². The third-order valence-electron chi connectivity index (χ3n) is 4.71. The highest BCUT2D eigenvalue weighted by Gasteiger charge is 2.40. The Morgan fingerprint density at radius 3 is 2.87 bits per heavy atom. The molecular formula is C19H20N8O2S. The van der Waals surface area contributed by atoms with E-state index in [1.807, 2.05) is 19.1 Å². The van der Waals surface area contributed by atoms with Crippen molar-refractivity contribution >= 4 is 23.1 Å². The maximum absolute atomic E-state index is 9.61. The number of hydrogen-bond donors (Lipinski definition) is 2. The van der Waals surface area contributed by atoms with E-state index in [1.165, 1.54) is 11.3 Å². The molecule has 0 aliphatic heterocycles. The molecule has 1 aliphatic carbocycles. The number of pyridine rings is 1. The van der Waals surface area contributed by atoms with E-state index in [-0.39, 0.29) is 17.4 Å². The maximum Gasteiger partial charge on any atom is 0.238 e. The smallest absolute Gasteiger partial charge is 0.238 e. The lowest BCUT2D eigenvalue weighted by molar-refractivity contribution is 0.285. The highest BCUT2D eigenvalue weighted by atomic mass is 32.1. The largest absolute Gasteiger partial charge is 0.495 e. The fourth-order valence-electron chi connectivity index (χ4n) is 3.07. The number of rotatable bonds is 8. The van der Waals surface area contributed by atoms with Crippen LogP contribution in [0.4, 0.5) is 11.8 Å². The number of aryl methyl sites for hydroxylation is 1. The second-order valence-electron chi connectivity index (χ2n) is 6.83. The van der Waals surface area contributed by atoms with Gasteiger partial charge >= 0.3 is 0 Å². The molecule has 3 N–H and O–H groups in total. The summed E-state index contributed by atoms with van der Waals surface area (Å²) in [4.78, 5) is 12.7. The molecule has 1 fully saturated rings. The summed E-state index contributed by atoms with van der Waals surface area (Å²) in [5.74, 6) is 1.87. The average molecular weight is 424 g/mol. The van der Waals surface area contributed by atoms with Gasteiger partial charge in [-0.15, -0.1) is 10.2 Å². The van der Waals surface area contributed by atoms with Crippen molar-refractivity contribution < 1.29 is 9.47 Å². The van der Waals surface area contributed by atoms with Gasteiger partial charge in [0, 0.05) is 17.5 Å². The van der Waals surface area contributed by atoms with E-state index in [2.05, 4.69) is 36.5 Å². The van der Waals surface area contributed by atoms with E-state index < -0.39 is 0 Å². The quantitative estimate of drug-likeness (QED) is 0.552. The van der Waals surface area contributed by atoms with Crippen molar-refractivity contribution in [3.8, 4) is 17.7 Å². The minimum Gasteiger partial charge on any atom is -0.495 e. The number of aromatic nitrogens is 5. The fourth-order valence-corrected chi connectivity index (χ4v) is 3.72. The molecule has 1 saturated carbocycles. The van der Waals surface area contributed by atoms with Gasteiger partial charge in [0.2, 0.25) is 11.8 Å². The standard InChI is InChI=1S/C19H20N8O2S/c1-10-26-27-16(30-10)8-23-17-14(6-20)18(25-19(21)24-17)29-9-11-5-13(11)15-4-3-12(28-2)7-22-15/h3-4,7,11,13H,5,8-9H2,1-2H3,(H3,21,23,24,25)/t11-,13+/m1/s1. The molecular weight excluding hydrogens is 404 g/mol. The van der Waals surface area contributed by atoms with E-state index in [0.29, 0.717) is 30.8 Å². The van der Waals surface area contributed by atoms with Crippen LogP contribution in [0.3, 0.4) is 0 Å². The van der Waals surface area contributed by atoms with Crippen LogP contribution in [0.15, 0.2) is 18.3 Å². The Hall–Kier alpha value is -3.52. The average Bonchev–Trinajstić information content (AvgIpc) is 3.42. The van der Waals surface area contributed by atoms with Crippen molar-refractivity contribution in [3.63, 3.8) is 0 Å². The van der Waals surface area contributed by atoms with Gasteiger partial charge in [0.15, 0.2) is 11.4 Å². The lowest BCUT2D eigenvalue weighted by atomic mass is 10.2. The molecule has 0 radical (unpaired) electrons. The summed E-state index contributed by atoms with van der Waals surface area (Å²) >= 11 is 1.46. The van der Waals surface area contributed by atoms with Crippen molar-refractivity contribution in [2.45, 2.75) is 25.8 Å². The lowest BCUT2D eigenvalue weighted by Gasteiger charge is -2.11. The summed E-state index contributed by atoms with van der Waals surface area (Å²) in [5.41, 5.74) is 7.04. The number of methoxy groups -OCH3 is 1. The molecule has 10 nitrogen and oxygen atoms in total. The molecule has 154 valence electrons. The third kappa shape index (κ3) is 4.38. The van der Waals surface area contributed by atoms with Crippen molar-refractivity contribution in [2.75, 3.05) is 24.8 Å². The Bertz CT molecular complexity index is 1080. The number of nitrogens with two attached hydrogens (primary N) is 1. The van der Waals surface area contributed by atoms with Gasteiger partial charge in [-0.3, -0.25) is 4.98 Å². The predicted molar refractivity (Wildman–Crippen MR) is 110 cm³/mol. The second kappa shape index (κ2) is 8.46. The number of ether oxygens (including phenoxy) is 2. The molecule has 0 aromatic carbocycles. The van der Waals surface area contributed by atoms with Crippen LogP contribution < -0.4 is 20.5 Å². The summed E-state index contributed by atoms with van der Waals surface area (Å²) in [5, 5.41) is 22.4. The molecule has 0 unspecified atom stereocenters. The zero-order chi connectivity index (χ0) is 21.1.